The Kier molecular flexibility index (Phi) is 2.97. The third-order valence-corrected chi connectivity index (χ3v) is 3.89. The molecule has 92 valence electrons. The highest BCUT2D eigenvalue weighted by Gasteiger charge is 2.34. The highest BCUT2D eigenvalue weighted by Crippen LogP contribution is 2.36. The first-order valence-corrected chi connectivity index (χ1v) is 6.75. The molecule has 2 aliphatic rings. The van der Waals surface area contributed by atoms with Crippen LogP contribution in [0.3, 0.4) is 0 Å². The van der Waals surface area contributed by atoms with Crippen molar-refractivity contribution in [2.24, 2.45) is 5.92 Å². The van der Waals surface area contributed by atoms with Gasteiger partial charge in [0.1, 0.15) is 5.82 Å². The second-order valence-electron chi connectivity index (χ2n) is 5.27. The van der Waals surface area contributed by atoms with Crippen LogP contribution < -0.4 is 5.73 Å². The second-order valence-corrected chi connectivity index (χ2v) is 5.68. The maximum Gasteiger partial charge on any atom is 0.123 e. The second kappa shape index (κ2) is 4.46. The third kappa shape index (κ3) is 2.90. The molecule has 1 aromatic rings. The molecule has 3 rings (SSSR count). The van der Waals surface area contributed by atoms with Gasteiger partial charge in [-0.05, 0) is 43.7 Å². The fraction of sp³-hybridized carbons (Fsp3) is 0.615. The van der Waals surface area contributed by atoms with Crippen molar-refractivity contribution in [2.75, 3.05) is 12.3 Å². The van der Waals surface area contributed by atoms with Gasteiger partial charge in [0.2, 0.25) is 0 Å². The average molecular weight is 252 g/mol. The Morgan fingerprint density at radius 2 is 2.06 bits per heavy atom. The summed E-state index contributed by atoms with van der Waals surface area (Å²) < 4.78 is 0. The SMILES string of the molecule is Nc1ccc(Cl)c(CN(CC2CC2)C2CC2)n1. The molecule has 17 heavy (non-hydrogen) atoms. The molecule has 4 heteroatoms. The maximum atomic E-state index is 6.17. The first-order valence-electron chi connectivity index (χ1n) is 6.37. The van der Waals surface area contributed by atoms with E-state index in [9.17, 15) is 0 Å². The number of hydrogen-bond donors (Lipinski definition) is 1. The van der Waals surface area contributed by atoms with Crippen LogP contribution in [0.2, 0.25) is 5.02 Å². The molecular weight excluding hydrogens is 234 g/mol. The molecule has 2 aliphatic carbocycles. The third-order valence-electron chi connectivity index (χ3n) is 3.55. The van der Waals surface area contributed by atoms with Crippen LogP contribution in [0.15, 0.2) is 12.1 Å². The van der Waals surface area contributed by atoms with E-state index in [1.807, 2.05) is 6.07 Å². The zero-order valence-corrected chi connectivity index (χ0v) is 10.7. The van der Waals surface area contributed by atoms with Gasteiger partial charge in [0.05, 0.1) is 10.7 Å². The van der Waals surface area contributed by atoms with Crippen molar-refractivity contribution in [3.05, 3.63) is 22.8 Å². The summed E-state index contributed by atoms with van der Waals surface area (Å²) in [5, 5.41) is 0.737. The van der Waals surface area contributed by atoms with Crippen LogP contribution in [0, 0.1) is 5.92 Å². The van der Waals surface area contributed by atoms with E-state index in [-0.39, 0.29) is 0 Å². The number of nitrogens with zero attached hydrogens (tertiary/aromatic N) is 2. The number of pyridine rings is 1. The smallest absolute Gasteiger partial charge is 0.123 e. The molecule has 2 fully saturated rings. The Balaban J connectivity index is 1.71. The quantitative estimate of drug-likeness (QED) is 0.875. The molecule has 0 atom stereocenters. The summed E-state index contributed by atoms with van der Waals surface area (Å²) in [5.41, 5.74) is 6.65. The van der Waals surface area contributed by atoms with Crippen molar-refractivity contribution < 1.29 is 0 Å². The molecule has 1 aromatic heterocycles. The van der Waals surface area contributed by atoms with E-state index in [2.05, 4.69) is 9.88 Å². The van der Waals surface area contributed by atoms with Gasteiger partial charge in [0.25, 0.3) is 0 Å². The molecule has 0 bridgehead atoms. The van der Waals surface area contributed by atoms with Crippen molar-refractivity contribution in [1.82, 2.24) is 9.88 Å². The Hall–Kier alpha value is -0.800. The molecule has 0 radical (unpaired) electrons. The molecule has 0 spiro atoms. The van der Waals surface area contributed by atoms with Crippen LogP contribution in [-0.2, 0) is 6.54 Å². The number of rotatable bonds is 5. The largest absolute Gasteiger partial charge is 0.384 e. The molecule has 0 aromatic carbocycles. The lowest BCUT2D eigenvalue weighted by atomic mass is 10.3. The molecule has 1 heterocycles. The van der Waals surface area contributed by atoms with Gasteiger partial charge in [-0.2, -0.15) is 0 Å². The van der Waals surface area contributed by atoms with Gasteiger partial charge in [-0.1, -0.05) is 11.6 Å². The van der Waals surface area contributed by atoms with Gasteiger partial charge in [0.15, 0.2) is 0 Å². The molecule has 0 amide bonds. The summed E-state index contributed by atoms with van der Waals surface area (Å²) in [6.07, 6.45) is 5.43. The molecule has 3 nitrogen and oxygen atoms in total. The van der Waals surface area contributed by atoms with Crippen molar-refractivity contribution in [3.63, 3.8) is 0 Å². The lowest BCUT2D eigenvalue weighted by molar-refractivity contribution is 0.241. The van der Waals surface area contributed by atoms with Gasteiger partial charge in [-0.25, -0.2) is 4.98 Å². The molecular formula is C13H18ClN3. The summed E-state index contributed by atoms with van der Waals surface area (Å²) in [5.74, 6) is 1.47. The first-order chi connectivity index (χ1) is 8.22. The Morgan fingerprint density at radius 3 is 2.71 bits per heavy atom. The summed E-state index contributed by atoms with van der Waals surface area (Å²) in [6.45, 7) is 2.06. The van der Waals surface area contributed by atoms with Crippen LogP contribution in [0.25, 0.3) is 0 Å². The topological polar surface area (TPSA) is 42.1 Å². The molecule has 2 saturated carbocycles. The highest BCUT2D eigenvalue weighted by molar-refractivity contribution is 6.31. The van der Waals surface area contributed by atoms with Gasteiger partial charge >= 0.3 is 0 Å². The molecule has 0 saturated heterocycles. The van der Waals surface area contributed by atoms with Crippen LogP contribution in [0.1, 0.15) is 31.4 Å². The first kappa shape index (κ1) is 11.3. The summed E-state index contributed by atoms with van der Waals surface area (Å²) in [4.78, 5) is 6.89. The van der Waals surface area contributed by atoms with E-state index in [1.165, 1.54) is 32.2 Å². The highest BCUT2D eigenvalue weighted by atomic mass is 35.5. The lowest BCUT2D eigenvalue weighted by Crippen LogP contribution is -2.28. The maximum absolute atomic E-state index is 6.17. The molecule has 0 aliphatic heterocycles. The van der Waals surface area contributed by atoms with Crippen LogP contribution >= 0.6 is 11.6 Å². The predicted molar refractivity (Wildman–Crippen MR) is 69.8 cm³/mol. The lowest BCUT2D eigenvalue weighted by Gasteiger charge is -2.21. The van der Waals surface area contributed by atoms with E-state index >= 15 is 0 Å². The minimum atomic E-state index is 0.562. The fourth-order valence-corrected chi connectivity index (χ4v) is 2.38. The van der Waals surface area contributed by atoms with Gasteiger partial charge < -0.3 is 5.73 Å². The van der Waals surface area contributed by atoms with Crippen molar-refractivity contribution in [2.45, 2.75) is 38.3 Å². The zero-order chi connectivity index (χ0) is 11.8. The Labute approximate surface area is 107 Å². The Morgan fingerprint density at radius 1 is 1.29 bits per heavy atom. The van der Waals surface area contributed by atoms with Crippen molar-refractivity contribution in [3.8, 4) is 0 Å². The van der Waals surface area contributed by atoms with Crippen LogP contribution in [0.5, 0.6) is 0 Å². The number of nitrogen functional groups attached to an aromatic ring is 1. The average Bonchev–Trinajstić information content (AvgIpc) is 3.14. The summed E-state index contributed by atoms with van der Waals surface area (Å²) in [6, 6.07) is 4.37. The summed E-state index contributed by atoms with van der Waals surface area (Å²) in [7, 11) is 0. The van der Waals surface area contributed by atoms with E-state index in [0.29, 0.717) is 5.82 Å². The minimum Gasteiger partial charge on any atom is -0.384 e. The number of halogens is 1. The number of anilines is 1. The van der Waals surface area contributed by atoms with E-state index in [4.69, 9.17) is 17.3 Å². The fourth-order valence-electron chi connectivity index (χ4n) is 2.22. The van der Waals surface area contributed by atoms with E-state index in [1.54, 1.807) is 6.07 Å². The minimum absolute atomic E-state index is 0.562. The van der Waals surface area contributed by atoms with Crippen LogP contribution in [0.4, 0.5) is 5.82 Å². The van der Waals surface area contributed by atoms with E-state index < -0.39 is 0 Å². The number of hydrogen-bond acceptors (Lipinski definition) is 3. The van der Waals surface area contributed by atoms with Gasteiger partial charge in [-0.15, -0.1) is 0 Å². The van der Waals surface area contributed by atoms with E-state index in [0.717, 1.165) is 29.2 Å². The standard InChI is InChI=1S/C13H18ClN3/c14-11-5-6-13(15)16-12(11)8-17(10-3-4-10)7-9-1-2-9/h5-6,9-10H,1-4,7-8H2,(H2,15,16). The van der Waals surface area contributed by atoms with Crippen molar-refractivity contribution in [1.29, 1.82) is 0 Å². The van der Waals surface area contributed by atoms with Gasteiger partial charge in [-0.3, -0.25) is 4.90 Å². The number of aromatic nitrogens is 1. The van der Waals surface area contributed by atoms with Crippen LogP contribution in [-0.4, -0.2) is 22.5 Å². The predicted octanol–water partition coefficient (Wildman–Crippen LogP) is 2.69. The zero-order valence-electron chi connectivity index (χ0n) is 9.90. The van der Waals surface area contributed by atoms with Gasteiger partial charge in [0, 0.05) is 19.1 Å². The monoisotopic (exact) mass is 251 g/mol. The molecule has 0 unspecified atom stereocenters. The van der Waals surface area contributed by atoms with Crippen molar-refractivity contribution >= 4 is 17.4 Å². The summed E-state index contributed by atoms with van der Waals surface area (Å²) >= 11 is 6.17. The molecule has 2 N–H and O–H groups in total. The Bertz CT molecular complexity index is 413. The number of nitrogens with two attached hydrogens (primary N) is 1. The normalized spacial score (nSPS) is 19.9.